The van der Waals surface area contributed by atoms with Gasteiger partial charge in [-0.3, -0.25) is 15.8 Å². The highest BCUT2D eigenvalue weighted by atomic mass is 16.5. The third-order valence-corrected chi connectivity index (χ3v) is 5.75. The molecule has 150 valence electrons. The van der Waals surface area contributed by atoms with E-state index < -0.39 is 0 Å². The number of hydrogen-bond donors (Lipinski definition) is 3. The van der Waals surface area contributed by atoms with E-state index in [0.717, 1.165) is 50.2 Å². The lowest BCUT2D eigenvalue weighted by molar-refractivity contribution is 0.175. The second-order valence-corrected chi connectivity index (χ2v) is 7.97. The summed E-state index contributed by atoms with van der Waals surface area (Å²) in [5.41, 5.74) is 8.83. The van der Waals surface area contributed by atoms with Gasteiger partial charge in [0, 0.05) is 44.5 Å². The summed E-state index contributed by atoms with van der Waals surface area (Å²) in [5.74, 6) is 1.39. The number of β-amino-alcohol motifs (C(OH)–C–C–N with tert-alkyl or cyclic N) is 1. The van der Waals surface area contributed by atoms with Gasteiger partial charge in [-0.05, 0) is 52.9 Å². The average Bonchev–Trinajstić information content (AvgIpc) is 3.41. The van der Waals surface area contributed by atoms with Crippen molar-refractivity contribution < 1.29 is 9.84 Å². The average molecular weight is 390 g/mol. The summed E-state index contributed by atoms with van der Waals surface area (Å²) in [6, 6.07) is 17.0. The Bertz CT molecular complexity index is 986. The standard InChI is InChI=1S/C23H26N4O2/c28-20-8-10-27(15-20)14-16-1-2-18-12-21(5-3-17(18)11-16)29-23-6-4-19(13-24-23)22-7-9-25-26-22/h1-6,11-13,20,22,25-26,28H,7-10,14-15H2/t20-,22?/m0/s1. The third-order valence-electron chi connectivity index (χ3n) is 5.75. The first-order chi connectivity index (χ1) is 14.2. The second kappa shape index (κ2) is 8.08. The third kappa shape index (κ3) is 4.26. The maximum atomic E-state index is 9.70. The van der Waals surface area contributed by atoms with Gasteiger partial charge in [0.15, 0.2) is 0 Å². The first-order valence-corrected chi connectivity index (χ1v) is 10.3. The van der Waals surface area contributed by atoms with Gasteiger partial charge in [0.05, 0.1) is 6.10 Å². The van der Waals surface area contributed by atoms with Gasteiger partial charge in [-0.2, -0.15) is 0 Å². The van der Waals surface area contributed by atoms with Gasteiger partial charge in [-0.15, -0.1) is 0 Å². The van der Waals surface area contributed by atoms with Crippen LogP contribution in [0.1, 0.15) is 30.0 Å². The maximum Gasteiger partial charge on any atom is 0.219 e. The van der Waals surface area contributed by atoms with Crippen LogP contribution in [0.5, 0.6) is 11.6 Å². The van der Waals surface area contributed by atoms with E-state index in [9.17, 15) is 5.11 Å². The van der Waals surface area contributed by atoms with E-state index in [4.69, 9.17) is 4.74 Å². The summed E-state index contributed by atoms with van der Waals surface area (Å²) in [7, 11) is 0. The number of nitrogens with zero attached hydrogens (tertiary/aromatic N) is 2. The number of hydrogen-bond acceptors (Lipinski definition) is 6. The topological polar surface area (TPSA) is 69.7 Å². The predicted octanol–water partition coefficient (Wildman–Crippen LogP) is 3.13. The Hall–Kier alpha value is -2.51. The van der Waals surface area contributed by atoms with Crippen LogP contribution in [0, 0.1) is 0 Å². The number of benzene rings is 2. The van der Waals surface area contributed by atoms with Crippen molar-refractivity contribution in [1.82, 2.24) is 20.7 Å². The van der Waals surface area contributed by atoms with Crippen LogP contribution >= 0.6 is 0 Å². The number of nitrogens with one attached hydrogen (secondary N) is 2. The SMILES string of the molecule is O[C@H]1CCN(Cc2ccc3cc(Oc4ccc(C5CCNN5)cn4)ccc3c2)C1. The van der Waals surface area contributed by atoms with Crippen molar-refractivity contribution >= 4 is 10.8 Å². The molecule has 1 unspecified atom stereocenters. The van der Waals surface area contributed by atoms with E-state index in [1.165, 1.54) is 16.5 Å². The van der Waals surface area contributed by atoms with Gasteiger partial charge >= 0.3 is 0 Å². The first-order valence-electron chi connectivity index (χ1n) is 10.3. The van der Waals surface area contributed by atoms with Gasteiger partial charge in [-0.1, -0.05) is 24.3 Å². The molecule has 3 heterocycles. The van der Waals surface area contributed by atoms with Gasteiger partial charge in [0.25, 0.3) is 0 Å². The van der Waals surface area contributed by atoms with Gasteiger partial charge < -0.3 is 9.84 Å². The highest BCUT2D eigenvalue weighted by Crippen LogP contribution is 2.27. The fourth-order valence-corrected chi connectivity index (χ4v) is 4.16. The van der Waals surface area contributed by atoms with Crippen molar-refractivity contribution in [2.24, 2.45) is 0 Å². The van der Waals surface area contributed by atoms with E-state index in [-0.39, 0.29) is 6.10 Å². The molecule has 0 amide bonds. The van der Waals surface area contributed by atoms with E-state index >= 15 is 0 Å². The number of pyridine rings is 1. The number of aliphatic hydroxyl groups is 1. The molecule has 0 radical (unpaired) electrons. The molecule has 6 nitrogen and oxygen atoms in total. The summed E-state index contributed by atoms with van der Waals surface area (Å²) >= 11 is 0. The molecule has 0 saturated carbocycles. The highest BCUT2D eigenvalue weighted by Gasteiger charge is 2.20. The minimum Gasteiger partial charge on any atom is -0.439 e. The molecule has 1 aromatic heterocycles. The Kier molecular flexibility index (Phi) is 5.16. The largest absolute Gasteiger partial charge is 0.439 e. The van der Waals surface area contributed by atoms with Crippen LogP contribution in [-0.4, -0.2) is 40.7 Å². The number of fused-ring (bicyclic) bond motifs is 1. The minimum atomic E-state index is -0.177. The fourth-order valence-electron chi connectivity index (χ4n) is 4.16. The number of aromatic nitrogens is 1. The van der Waals surface area contributed by atoms with Crippen molar-refractivity contribution in [1.29, 1.82) is 0 Å². The summed E-state index contributed by atoms with van der Waals surface area (Å²) < 4.78 is 5.97. The molecule has 2 fully saturated rings. The smallest absolute Gasteiger partial charge is 0.219 e. The van der Waals surface area contributed by atoms with Crippen LogP contribution in [0.4, 0.5) is 0 Å². The number of rotatable bonds is 5. The summed E-state index contributed by atoms with van der Waals surface area (Å²) in [6.07, 6.45) is 3.64. The quantitative estimate of drug-likeness (QED) is 0.622. The molecule has 2 saturated heterocycles. The Morgan fingerprint density at radius 1 is 1.07 bits per heavy atom. The maximum absolute atomic E-state index is 9.70. The van der Waals surface area contributed by atoms with E-state index in [2.05, 4.69) is 57.1 Å². The molecule has 3 N–H and O–H groups in total. The van der Waals surface area contributed by atoms with Crippen molar-refractivity contribution in [2.75, 3.05) is 19.6 Å². The molecule has 5 rings (SSSR count). The Balaban J connectivity index is 1.27. The van der Waals surface area contributed by atoms with Crippen molar-refractivity contribution in [3.63, 3.8) is 0 Å². The number of likely N-dealkylation sites (tertiary alicyclic amines) is 1. The van der Waals surface area contributed by atoms with Gasteiger partial charge in [0.1, 0.15) is 5.75 Å². The second-order valence-electron chi connectivity index (χ2n) is 7.97. The zero-order chi connectivity index (χ0) is 19.6. The first kappa shape index (κ1) is 18.5. The number of hydrazine groups is 1. The van der Waals surface area contributed by atoms with Crippen LogP contribution in [0.15, 0.2) is 54.7 Å². The normalized spacial score (nSPS) is 22.4. The van der Waals surface area contributed by atoms with E-state index in [1.807, 2.05) is 18.3 Å². The Morgan fingerprint density at radius 3 is 2.72 bits per heavy atom. The number of aliphatic hydroxyl groups excluding tert-OH is 1. The molecule has 29 heavy (non-hydrogen) atoms. The highest BCUT2D eigenvalue weighted by molar-refractivity contribution is 5.84. The number of ether oxygens (including phenoxy) is 1. The zero-order valence-electron chi connectivity index (χ0n) is 16.3. The molecule has 2 aromatic carbocycles. The van der Waals surface area contributed by atoms with Crippen molar-refractivity contribution in [3.05, 3.63) is 65.9 Å². The van der Waals surface area contributed by atoms with Crippen LogP contribution in [0.2, 0.25) is 0 Å². The van der Waals surface area contributed by atoms with Crippen molar-refractivity contribution in [3.8, 4) is 11.6 Å². The molecule has 0 bridgehead atoms. The zero-order valence-corrected chi connectivity index (χ0v) is 16.3. The summed E-state index contributed by atoms with van der Waals surface area (Å²) in [5, 5.41) is 12.0. The van der Waals surface area contributed by atoms with E-state index in [0.29, 0.717) is 11.9 Å². The lowest BCUT2D eigenvalue weighted by Crippen LogP contribution is -2.24. The Labute approximate surface area is 170 Å². The minimum absolute atomic E-state index is 0.177. The lowest BCUT2D eigenvalue weighted by atomic mass is 10.1. The molecule has 6 heteroatoms. The molecule has 0 spiro atoms. The lowest BCUT2D eigenvalue weighted by Gasteiger charge is -2.15. The van der Waals surface area contributed by atoms with Crippen LogP contribution < -0.4 is 15.6 Å². The van der Waals surface area contributed by atoms with Crippen LogP contribution in [0.25, 0.3) is 10.8 Å². The van der Waals surface area contributed by atoms with Gasteiger partial charge in [-0.25, -0.2) is 4.98 Å². The van der Waals surface area contributed by atoms with Gasteiger partial charge in [0.2, 0.25) is 5.88 Å². The molecule has 2 aliphatic heterocycles. The molecule has 2 aliphatic rings. The van der Waals surface area contributed by atoms with Crippen LogP contribution in [0.3, 0.4) is 0 Å². The molecular formula is C23H26N4O2. The molecule has 3 aromatic rings. The van der Waals surface area contributed by atoms with E-state index in [1.54, 1.807) is 0 Å². The predicted molar refractivity (Wildman–Crippen MR) is 113 cm³/mol. The Morgan fingerprint density at radius 2 is 1.97 bits per heavy atom. The fraction of sp³-hybridized carbons (Fsp3) is 0.348. The molecule has 2 atom stereocenters. The van der Waals surface area contributed by atoms with Crippen molar-refractivity contribution in [2.45, 2.75) is 31.5 Å². The monoisotopic (exact) mass is 390 g/mol. The molecular weight excluding hydrogens is 364 g/mol. The summed E-state index contributed by atoms with van der Waals surface area (Å²) in [6.45, 7) is 3.59. The summed E-state index contributed by atoms with van der Waals surface area (Å²) in [4.78, 5) is 6.76. The van der Waals surface area contributed by atoms with Crippen LogP contribution in [-0.2, 0) is 6.54 Å². The molecule has 0 aliphatic carbocycles.